The molecule has 9 heteroatoms. The Bertz CT molecular complexity index is 980. The number of ketones is 1. The van der Waals surface area contributed by atoms with Gasteiger partial charge in [0.1, 0.15) is 10.6 Å². The Hall–Kier alpha value is -2.78. The van der Waals surface area contributed by atoms with E-state index < -0.39 is 15.0 Å². The van der Waals surface area contributed by atoms with Crippen molar-refractivity contribution in [3.05, 3.63) is 64.2 Å². The molecule has 148 valence electrons. The molecule has 0 atom stereocenters. The second kappa shape index (κ2) is 8.07. The van der Waals surface area contributed by atoms with E-state index in [-0.39, 0.29) is 28.0 Å². The summed E-state index contributed by atoms with van der Waals surface area (Å²) in [4.78, 5) is 24.7. The van der Waals surface area contributed by atoms with Gasteiger partial charge in [-0.1, -0.05) is 12.1 Å². The molecule has 8 nitrogen and oxygen atoms in total. The number of benzene rings is 2. The van der Waals surface area contributed by atoms with Gasteiger partial charge in [-0.05, 0) is 57.2 Å². The molecule has 1 heterocycles. The van der Waals surface area contributed by atoms with E-state index in [1.807, 2.05) is 7.05 Å². The minimum absolute atomic E-state index is 0.0220. The second-order valence-electron chi connectivity index (χ2n) is 6.76. The maximum Gasteiger partial charge on any atom is 0.339 e. The number of nitrogens with zero attached hydrogens (tertiary/aromatic N) is 2. The van der Waals surface area contributed by atoms with Crippen molar-refractivity contribution in [2.75, 3.05) is 20.1 Å². The zero-order valence-electron chi connectivity index (χ0n) is 15.3. The minimum Gasteiger partial charge on any atom is -0.379 e. The number of non-ortho nitro benzene ring substituents is 1. The van der Waals surface area contributed by atoms with Crippen molar-refractivity contribution in [1.29, 1.82) is 0 Å². The predicted octanol–water partition coefficient (Wildman–Crippen LogP) is 2.89. The van der Waals surface area contributed by atoms with Crippen LogP contribution in [0, 0.1) is 16.0 Å². The molecule has 0 bridgehead atoms. The lowest BCUT2D eigenvalue weighted by Gasteiger charge is -2.28. The van der Waals surface area contributed by atoms with Crippen LogP contribution in [-0.2, 0) is 10.1 Å². The molecule has 1 aliphatic heterocycles. The monoisotopic (exact) mass is 404 g/mol. The Labute approximate surface area is 163 Å². The van der Waals surface area contributed by atoms with E-state index >= 15 is 0 Å². The van der Waals surface area contributed by atoms with Gasteiger partial charge in [0, 0.05) is 23.6 Å². The van der Waals surface area contributed by atoms with Crippen LogP contribution in [0.5, 0.6) is 5.75 Å². The highest BCUT2D eigenvalue weighted by atomic mass is 32.2. The van der Waals surface area contributed by atoms with Gasteiger partial charge in [-0.15, -0.1) is 0 Å². The molecule has 0 amide bonds. The zero-order valence-corrected chi connectivity index (χ0v) is 16.1. The second-order valence-corrected chi connectivity index (χ2v) is 8.30. The van der Waals surface area contributed by atoms with Crippen molar-refractivity contribution < 1.29 is 22.3 Å². The van der Waals surface area contributed by atoms with Gasteiger partial charge in [0.25, 0.3) is 5.69 Å². The third-order valence-corrected chi connectivity index (χ3v) is 6.01. The van der Waals surface area contributed by atoms with Crippen molar-refractivity contribution in [1.82, 2.24) is 4.90 Å². The van der Waals surface area contributed by atoms with Gasteiger partial charge in [0.15, 0.2) is 5.78 Å². The summed E-state index contributed by atoms with van der Waals surface area (Å²) >= 11 is 0. The summed E-state index contributed by atoms with van der Waals surface area (Å²) in [5.41, 5.74) is 0.190. The van der Waals surface area contributed by atoms with Gasteiger partial charge in [-0.2, -0.15) is 8.42 Å². The Morgan fingerprint density at radius 2 is 1.79 bits per heavy atom. The molecule has 1 fully saturated rings. The van der Waals surface area contributed by atoms with Crippen molar-refractivity contribution in [2.24, 2.45) is 5.92 Å². The standard InChI is InChI=1S/C19H20N2O6S/c1-20-11-9-14(10-12-20)19(22)15-3-2-4-17(13-15)27-28(25,26)18-7-5-16(6-8-18)21(23)24/h2-8,13-14H,9-12H2,1H3. The maximum absolute atomic E-state index is 12.7. The number of likely N-dealkylation sites (tertiary alicyclic amines) is 1. The summed E-state index contributed by atoms with van der Waals surface area (Å²) in [7, 11) is -2.16. The lowest BCUT2D eigenvalue weighted by Crippen LogP contribution is -2.33. The highest BCUT2D eigenvalue weighted by Crippen LogP contribution is 2.25. The minimum atomic E-state index is -4.17. The smallest absolute Gasteiger partial charge is 0.339 e. The fourth-order valence-electron chi connectivity index (χ4n) is 3.12. The SMILES string of the molecule is CN1CCC(C(=O)c2cccc(OS(=O)(=O)c3ccc([N+](=O)[O-])cc3)c2)CC1. The first-order valence-electron chi connectivity index (χ1n) is 8.78. The molecule has 2 aromatic rings. The number of carbonyl (C=O) groups excluding carboxylic acids is 1. The summed E-state index contributed by atoms with van der Waals surface area (Å²) in [6, 6.07) is 10.5. The summed E-state index contributed by atoms with van der Waals surface area (Å²) in [6.07, 6.45) is 1.53. The summed E-state index contributed by atoms with van der Waals surface area (Å²) in [5.74, 6) is -0.0823. The Morgan fingerprint density at radius 3 is 2.39 bits per heavy atom. The van der Waals surface area contributed by atoms with Crippen LogP contribution < -0.4 is 4.18 Å². The maximum atomic E-state index is 12.7. The molecular formula is C19H20N2O6S. The van der Waals surface area contributed by atoms with Crippen LogP contribution in [-0.4, -0.2) is 44.2 Å². The Balaban J connectivity index is 1.76. The van der Waals surface area contributed by atoms with Crippen molar-refractivity contribution in [3.63, 3.8) is 0 Å². The van der Waals surface area contributed by atoms with E-state index in [1.54, 1.807) is 12.1 Å². The third-order valence-electron chi connectivity index (χ3n) is 4.75. The highest BCUT2D eigenvalue weighted by molar-refractivity contribution is 7.87. The average molecular weight is 404 g/mol. The van der Waals surface area contributed by atoms with E-state index in [9.17, 15) is 23.3 Å². The average Bonchev–Trinajstić information content (AvgIpc) is 2.68. The number of nitro groups is 1. The van der Waals surface area contributed by atoms with Gasteiger partial charge in [0.05, 0.1) is 4.92 Å². The summed E-state index contributed by atoms with van der Waals surface area (Å²) < 4.78 is 30.0. The first kappa shape index (κ1) is 20.0. The van der Waals surface area contributed by atoms with E-state index in [4.69, 9.17) is 4.18 Å². The molecule has 0 aliphatic carbocycles. The quantitative estimate of drug-likeness (QED) is 0.315. The van der Waals surface area contributed by atoms with Crippen LogP contribution >= 0.6 is 0 Å². The van der Waals surface area contributed by atoms with Crippen LogP contribution in [0.3, 0.4) is 0 Å². The van der Waals surface area contributed by atoms with Gasteiger partial charge in [-0.25, -0.2) is 0 Å². The predicted molar refractivity (Wildman–Crippen MR) is 102 cm³/mol. The number of nitro benzene ring substituents is 1. The fraction of sp³-hybridized carbons (Fsp3) is 0.316. The first-order valence-corrected chi connectivity index (χ1v) is 10.2. The Morgan fingerprint density at radius 1 is 1.14 bits per heavy atom. The lowest BCUT2D eigenvalue weighted by molar-refractivity contribution is -0.384. The Kier molecular flexibility index (Phi) is 5.76. The van der Waals surface area contributed by atoms with Gasteiger partial charge in [-0.3, -0.25) is 14.9 Å². The molecule has 28 heavy (non-hydrogen) atoms. The molecule has 0 spiro atoms. The number of piperidine rings is 1. The number of rotatable bonds is 6. The molecule has 0 saturated carbocycles. The topological polar surface area (TPSA) is 107 Å². The van der Waals surface area contributed by atoms with Crippen molar-refractivity contribution in [2.45, 2.75) is 17.7 Å². The molecule has 0 unspecified atom stereocenters. The van der Waals surface area contributed by atoms with Crippen molar-refractivity contribution >= 4 is 21.6 Å². The van der Waals surface area contributed by atoms with E-state index in [0.717, 1.165) is 50.2 Å². The van der Waals surface area contributed by atoms with Gasteiger partial charge in [0.2, 0.25) is 0 Å². The molecule has 1 aliphatic rings. The molecule has 1 saturated heterocycles. The number of hydrogen-bond acceptors (Lipinski definition) is 7. The lowest BCUT2D eigenvalue weighted by atomic mass is 9.89. The fourth-order valence-corrected chi connectivity index (χ4v) is 4.04. The summed E-state index contributed by atoms with van der Waals surface area (Å²) in [5, 5.41) is 10.7. The number of hydrogen-bond donors (Lipinski definition) is 0. The molecule has 0 radical (unpaired) electrons. The van der Waals surface area contributed by atoms with Crippen molar-refractivity contribution in [3.8, 4) is 5.75 Å². The first-order chi connectivity index (χ1) is 13.3. The van der Waals surface area contributed by atoms with Crippen LogP contribution in [0.15, 0.2) is 53.4 Å². The largest absolute Gasteiger partial charge is 0.379 e. The van der Waals surface area contributed by atoms with Crippen LogP contribution in [0.4, 0.5) is 5.69 Å². The van der Waals surface area contributed by atoms with Gasteiger partial charge < -0.3 is 9.08 Å². The molecule has 0 N–H and O–H groups in total. The van der Waals surface area contributed by atoms with E-state index in [1.165, 1.54) is 12.1 Å². The normalized spacial score (nSPS) is 15.9. The molecular weight excluding hydrogens is 384 g/mol. The number of carbonyl (C=O) groups is 1. The molecule has 3 rings (SSSR count). The van der Waals surface area contributed by atoms with E-state index in [0.29, 0.717) is 5.56 Å². The summed E-state index contributed by atoms with van der Waals surface area (Å²) in [6.45, 7) is 1.70. The number of Topliss-reactive ketones (excluding diaryl/α,β-unsaturated/α-hetero) is 1. The van der Waals surface area contributed by atoms with Crippen LogP contribution in [0.25, 0.3) is 0 Å². The van der Waals surface area contributed by atoms with Gasteiger partial charge >= 0.3 is 10.1 Å². The third kappa shape index (κ3) is 4.55. The van der Waals surface area contributed by atoms with Crippen LogP contribution in [0.2, 0.25) is 0 Å². The molecule has 0 aromatic heterocycles. The highest BCUT2D eigenvalue weighted by Gasteiger charge is 2.25. The van der Waals surface area contributed by atoms with E-state index in [2.05, 4.69) is 4.90 Å². The van der Waals surface area contributed by atoms with Crippen LogP contribution in [0.1, 0.15) is 23.2 Å². The molecule has 2 aromatic carbocycles. The zero-order chi connectivity index (χ0) is 20.3.